The molecule has 1 unspecified atom stereocenters. The average Bonchev–Trinajstić information content (AvgIpc) is 2.82. The summed E-state index contributed by atoms with van der Waals surface area (Å²) in [6.07, 6.45) is 4.95. The Morgan fingerprint density at radius 2 is 2.06 bits per heavy atom. The van der Waals surface area contributed by atoms with Gasteiger partial charge in [0.15, 0.2) is 0 Å². The van der Waals surface area contributed by atoms with Crippen molar-refractivity contribution >= 4 is 0 Å². The molecule has 1 aromatic heterocycles. The van der Waals surface area contributed by atoms with Crippen molar-refractivity contribution in [3.8, 4) is 5.69 Å². The van der Waals surface area contributed by atoms with Crippen LogP contribution in [0.15, 0.2) is 36.7 Å². The number of imidazole rings is 1. The van der Waals surface area contributed by atoms with Crippen LogP contribution < -0.4 is 5.32 Å². The summed E-state index contributed by atoms with van der Waals surface area (Å²) in [5.74, 6) is 1.02. The number of nitrogens with zero attached hydrogens (tertiary/aromatic N) is 2. The number of para-hydroxylation sites is 1. The van der Waals surface area contributed by atoms with Crippen molar-refractivity contribution in [1.82, 2.24) is 14.9 Å². The number of aromatic nitrogens is 2. The molecule has 1 atom stereocenters. The van der Waals surface area contributed by atoms with E-state index < -0.39 is 0 Å². The summed E-state index contributed by atoms with van der Waals surface area (Å²) in [4.78, 5) is 4.31. The van der Waals surface area contributed by atoms with Crippen LogP contribution in [0.2, 0.25) is 0 Å². The van der Waals surface area contributed by atoms with Crippen molar-refractivity contribution < 1.29 is 0 Å². The first kappa shape index (κ1) is 12.8. The Balaban J connectivity index is 2.45. The molecule has 2 rings (SSSR count). The second-order valence-corrected chi connectivity index (χ2v) is 4.42. The van der Waals surface area contributed by atoms with Crippen LogP contribution in [0.4, 0.5) is 0 Å². The molecule has 0 saturated carbocycles. The molecule has 1 heterocycles. The second-order valence-electron chi connectivity index (χ2n) is 4.42. The van der Waals surface area contributed by atoms with Crippen LogP contribution in [-0.4, -0.2) is 16.1 Å². The van der Waals surface area contributed by atoms with Crippen LogP contribution in [0.25, 0.3) is 5.69 Å². The van der Waals surface area contributed by atoms with E-state index in [9.17, 15) is 0 Å². The maximum absolute atomic E-state index is 4.31. The molecule has 0 spiro atoms. The summed E-state index contributed by atoms with van der Waals surface area (Å²) in [5.41, 5.74) is 2.56. The highest BCUT2D eigenvalue weighted by Crippen LogP contribution is 2.24. The normalized spacial score (nSPS) is 12.6. The highest BCUT2D eigenvalue weighted by Gasteiger charge is 2.13. The van der Waals surface area contributed by atoms with Crippen molar-refractivity contribution in [2.75, 3.05) is 6.54 Å². The fourth-order valence-electron chi connectivity index (χ4n) is 2.35. The third-order valence-corrected chi connectivity index (χ3v) is 3.26. The van der Waals surface area contributed by atoms with E-state index in [-0.39, 0.29) is 0 Å². The third kappa shape index (κ3) is 2.46. The smallest absolute Gasteiger partial charge is 0.110 e. The van der Waals surface area contributed by atoms with E-state index in [1.807, 2.05) is 19.3 Å². The molecular formula is C15H21N3. The zero-order chi connectivity index (χ0) is 13.0. The number of aryl methyl sites for hydroxylation is 1. The molecule has 0 amide bonds. The first-order valence-electron chi connectivity index (χ1n) is 6.60. The molecule has 0 aliphatic carbocycles. The van der Waals surface area contributed by atoms with E-state index in [0.29, 0.717) is 6.04 Å². The van der Waals surface area contributed by atoms with Gasteiger partial charge < -0.3 is 9.88 Å². The molecule has 0 radical (unpaired) electrons. The van der Waals surface area contributed by atoms with Crippen molar-refractivity contribution in [2.45, 2.75) is 33.2 Å². The number of nitrogens with one attached hydrogen (secondary N) is 1. The number of benzene rings is 1. The van der Waals surface area contributed by atoms with E-state index >= 15 is 0 Å². The minimum atomic E-state index is 0.396. The van der Waals surface area contributed by atoms with Gasteiger partial charge in [-0.2, -0.15) is 0 Å². The summed E-state index contributed by atoms with van der Waals surface area (Å²) in [6.45, 7) is 7.37. The predicted molar refractivity (Wildman–Crippen MR) is 75.0 cm³/mol. The van der Waals surface area contributed by atoms with Crippen molar-refractivity contribution in [3.63, 3.8) is 0 Å². The van der Waals surface area contributed by atoms with Gasteiger partial charge >= 0.3 is 0 Å². The molecule has 3 nitrogen and oxygen atoms in total. The molecule has 0 aliphatic rings. The first-order chi connectivity index (χ1) is 8.77. The lowest BCUT2D eigenvalue weighted by Crippen LogP contribution is -2.21. The molecule has 2 aromatic rings. The molecule has 96 valence electrons. The largest absolute Gasteiger partial charge is 0.310 e. The Labute approximate surface area is 109 Å². The maximum atomic E-state index is 4.31. The maximum Gasteiger partial charge on any atom is 0.110 e. The van der Waals surface area contributed by atoms with Gasteiger partial charge in [0.05, 0.1) is 5.69 Å². The van der Waals surface area contributed by atoms with Crippen LogP contribution in [-0.2, 0) is 0 Å². The summed E-state index contributed by atoms with van der Waals surface area (Å²) >= 11 is 0. The van der Waals surface area contributed by atoms with Crippen LogP contribution in [0.3, 0.4) is 0 Å². The van der Waals surface area contributed by atoms with Gasteiger partial charge in [0, 0.05) is 18.4 Å². The summed E-state index contributed by atoms with van der Waals surface area (Å²) in [5, 5.41) is 3.54. The third-order valence-electron chi connectivity index (χ3n) is 3.26. The first-order valence-corrected chi connectivity index (χ1v) is 6.60. The predicted octanol–water partition coefficient (Wildman–Crippen LogP) is 3.24. The topological polar surface area (TPSA) is 29.9 Å². The highest BCUT2D eigenvalue weighted by atomic mass is 15.1. The number of hydrogen-bond acceptors (Lipinski definition) is 2. The molecule has 1 N–H and O–H groups in total. The number of rotatable bonds is 5. The Kier molecular flexibility index (Phi) is 4.15. The van der Waals surface area contributed by atoms with E-state index in [4.69, 9.17) is 0 Å². The van der Waals surface area contributed by atoms with Gasteiger partial charge in [0.1, 0.15) is 5.82 Å². The summed E-state index contributed by atoms with van der Waals surface area (Å²) in [6, 6.07) is 8.94. The molecule has 0 aliphatic heterocycles. The average molecular weight is 243 g/mol. The highest BCUT2D eigenvalue weighted by molar-refractivity contribution is 5.43. The SMILES string of the molecule is CCNC(CC)c1ccccc1-n1ccnc1C. The molecular weight excluding hydrogens is 222 g/mol. The van der Waals surface area contributed by atoms with E-state index in [1.54, 1.807) is 0 Å². The lowest BCUT2D eigenvalue weighted by atomic mass is 10.0. The monoisotopic (exact) mass is 243 g/mol. The molecule has 0 bridgehead atoms. The van der Waals surface area contributed by atoms with Gasteiger partial charge in [0.2, 0.25) is 0 Å². The lowest BCUT2D eigenvalue weighted by Gasteiger charge is -2.20. The van der Waals surface area contributed by atoms with E-state index in [2.05, 4.69) is 53.0 Å². The standard InChI is InChI=1S/C15H21N3/c1-4-14(16-5-2)13-8-6-7-9-15(13)18-11-10-17-12(18)3/h6-11,14,16H,4-5H2,1-3H3. The van der Waals surface area contributed by atoms with Gasteiger partial charge in [-0.3, -0.25) is 0 Å². The minimum absolute atomic E-state index is 0.396. The van der Waals surface area contributed by atoms with Gasteiger partial charge in [-0.05, 0) is 31.5 Å². The Bertz CT molecular complexity index is 502. The zero-order valence-corrected chi connectivity index (χ0v) is 11.4. The quantitative estimate of drug-likeness (QED) is 0.873. The fraction of sp³-hybridized carbons (Fsp3) is 0.400. The van der Waals surface area contributed by atoms with Crippen molar-refractivity contribution in [3.05, 3.63) is 48.0 Å². The second kappa shape index (κ2) is 5.83. The number of hydrogen-bond donors (Lipinski definition) is 1. The van der Waals surface area contributed by atoms with Crippen LogP contribution in [0, 0.1) is 6.92 Å². The molecule has 1 aromatic carbocycles. The fourth-order valence-corrected chi connectivity index (χ4v) is 2.35. The van der Waals surface area contributed by atoms with Crippen LogP contribution in [0.1, 0.15) is 37.7 Å². The molecule has 0 saturated heterocycles. The van der Waals surface area contributed by atoms with Gasteiger partial charge in [-0.1, -0.05) is 32.0 Å². The Morgan fingerprint density at radius 3 is 2.67 bits per heavy atom. The lowest BCUT2D eigenvalue weighted by molar-refractivity contribution is 0.535. The minimum Gasteiger partial charge on any atom is -0.310 e. The van der Waals surface area contributed by atoms with Crippen LogP contribution in [0.5, 0.6) is 0 Å². The van der Waals surface area contributed by atoms with Crippen molar-refractivity contribution in [2.24, 2.45) is 0 Å². The van der Waals surface area contributed by atoms with Crippen molar-refractivity contribution in [1.29, 1.82) is 0 Å². The van der Waals surface area contributed by atoms with E-state index in [0.717, 1.165) is 18.8 Å². The molecule has 0 fully saturated rings. The van der Waals surface area contributed by atoms with Crippen LogP contribution >= 0.6 is 0 Å². The van der Waals surface area contributed by atoms with E-state index in [1.165, 1.54) is 11.3 Å². The Hall–Kier alpha value is -1.61. The van der Waals surface area contributed by atoms with Gasteiger partial charge in [0.25, 0.3) is 0 Å². The zero-order valence-electron chi connectivity index (χ0n) is 11.4. The Morgan fingerprint density at radius 1 is 1.28 bits per heavy atom. The van der Waals surface area contributed by atoms with Gasteiger partial charge in [-0.15, -0.1) is 0 Å². The summed E-state index contributed by atoms with van der Waals surface area (Å²) < 4.78 is 2.15. The molecule has 3 heteroatoms. The summed E-state index contributed by atoms with van der Waals surface area (Å²) in [7, 11) is 0. The van der Waals surface area contributed by atoms with Gasteiger partial charge in [-0.25, -0.2) is 4.98 Å². The molecule has 18 heavy (non-hydrogen) atoms.